The van der Waals surface area contributed by atoms with Crippen molar-refractivity contribution in [2.45, 2.75) is 20.5 Å². The molecule has 0 aliphatic carbocycles. The Bertz CT molecular complexity index is 598. The van der Waals surface area contributed by atoms with Gasteiger partial charge in [-0.05, 0) is 37.6 Å². The summed E-state index contributed by atoms with van der Waals surface area (Å²) >= 11 is 0. The molecule has 0 atom stereocenters. The molecule has 0 spiro atoms. The smallest absolute Gasteiger partial charge is 0.158 e. The van der Waals surface area contributed by atoms with Gasteiger partial charge in [0.25, 0.3) is 0 Å². The molecule has 2 N–H and O–H groups in total. The van der Waals surface area contributed by atoms with Gasteiger partial charge in [-0.2, -0.15) is 0 Å². The van der Waals surface area contributed by atoms with Crippen molar-refractivity contribution >= 4 is 17.3 Å². The molecule has 0 saturated carbocycles. The first-order valence-corrected chi connectivity index (χ1v) is 6.78. The minimum Gasteiger partial charge on any atom is -0.374 e. The number of hydrogen-bond acceptors (Lipinski definition) is 5. The number of anilines is 3. The average Bonchev–Trinajstić information content (AvgIpc) is 2.43. The van der Waals surface area contributed by atoms with E-state index in [9.17, 15) is 4.39 Å². The minimum atomic E-state index is -0.282. The van der Waals surface area contributed by atoms with Crippen LogP contribution in [0.25, 0.3) is 0 Å². The molecular formula is C15H19FN4O. The Balaban J connectivity index is 2.25. The van der Waals surface area contributed by atoms with Crippen LogP contribution >= 0.6 is 0 Å². The molecule has 0 saturated heterocycles. The van der Waals surface area contributed by atoms with Gasteiger partial charge < -0.3 is 15.4 Å². The second-order valence-corrected chi connectivity index (χ2v) is 4.58. The Labute approximate surface area is 123 Å². The third-order valence-electron chi connectivity index (χ3n) is 2.78. The maximum Gasteiger partial charge on any atom is 0.158 e. The van der Waals surface area contributed by atoms with E-state index in [4.69, 9.17) is 4.74 Å². The summed E-state index contributed by atoms with van der Waals surface area (Å²) < 4.78 is 18.7. The highest BCUT2D eigenvalue weighted by atomic mass is 19.1. The minimum absolute atomic E-state index is 0.282. The Kier molecular flexibility index (Phi) is 5.05. The van der Waals surface area contributed by atoms with Crippen LogP contribution in [0.4, 0.5) is 21.7 Å². The molecule has 0 unspecified atom stereocenters. The van der Waals surface area contributed by atoms with E-state index < -0.39 is 0 Å². The third kappa shape index (κ3) is 4.39. The molecule has 1 aromatic carbocycles. The fourth-order valence-corrected chi connectivity index (χ4v) is 1.90. The molecule has 5 nitrogen and oxygen atoms in total. The molecule has 0 radical (unpaired) electrons. The van der Waals surface area contributed by atoms with E-state index >= 15 is 0 Å². The van der Waals surface area contributed by atoms with Crippen LogP contribution in [0.15, 0.2) is 24.3 Å². The van der Waals surface area contributed by atoms with Crippen molar-refractivity contribution < 1.29 is 9.13 Å². The lowest BCUT2D eigenvalue weighted by Crippen LogP contribution is -2.05. The molecule has 0 aliphatic heterocycles. The number of aryl methyl sites for hydroxylation is 1. The molecule has 0 fully saturated rings. The summed E-state index contributed by atoms with van der Waals surface area (Å²) in [5.41, 5.74) is 1.49. The SMILES string of the molecule is CCOCc1nc(NC)cc(Nc2cc(C)cc(F)c2)n1. The standard InChI is InChI=1S/C15H19FN4O/c1-4-21-9-15-19-13(17-3)8-14(20-15)18-12-6-10(2)5-11(16)7-12/h5-8H,4,9H2,1-3H3,(H2,17,18,19,20). The maximum absolute atomic E-state index is 13.4. The highest BCUT2D eigenvalue weighted by Gasteiger charge is 2.06. The topological polar surface area (TPSA) is 59.1 Å². The number of benzene rings is 1. The molecule has 6 heteroatoms. The van der Waals surface area contributed by atoms with Crippen LogP contribution in [0.5, 0.6) is 0 Å². The number of nitrogens with one attached hydrogen (secondary N) is 2. The first-order chi connectivity index (χ1) is 10.1. The van der Waals surface area contributed by atoms with Crippen molar-refractivity contribution in [3.8, 4) is 0 Å². The van der Waals surface area contributed by atoms with Crippen LogP contribution in [-0.2, 0) is 11.3 Å². The van der Waals surface area contributed by atoms with E-state index in [1.165, 1.54) is 12.1 Å². The number of nitrogens with zero attached hydrogens (tertiary/aromatic N) is 2. The number of aromatic nitrogens is 2. The van der Waals surface area contributed by atoms with Gasteiger partial charge in [0.1, 0.15) is 24.1 Å². The monoisotopic (exact) mass is 290 g/mol. The van der Waals surface area contributed by atoms with Gasteiger partial charge in [0, 0.05) is 25.4 Å². The lowest BCUT2D eigenvalue weighted by Gasteiger charge is -2.10. The van der Waals surface area contributed by atoms with Crippen LogP contribution < -0.4 is 10.6 Å². The van der Waals surface area contributed by atoms with Gasteiger partial charge in [-0.25, -0.2) is 14.4 Å². The third-order valence-corrected chi connectivity index (χ3v) is 2.78. The van der Waals surface area contributed by atoms with Crippen LogP contribution in [0.3, 0.4) is 0 Å². The largest absolute Gasteiger partial charge is 0.374 e. The summed E-state index contributed by atoms with van der Waals surface area (Å²) in [6, 6.07) is 6.52. The molecule has 2 rings (SSSR count). The summed E-state index contributed by atoms with van der Waals surface area (Å²) in [6.07, 6.45) is 0. The van der Waals surface area contributed by atoms with Crippen molar-refractivity contribution in [2.24, 2.45) is 0 Å². The zero-order valence-electron chi connectivity index (χ0n) is 12.4. The lowest BCUT2D eigenvalue weighted by molar-refractivity contribution is 0.128. The number of ether oxygens (including phenoxy) is 1. The van der Waals surface area contributed by atoms with Crippen molar-refractivity contribution in [1.29, 1.82) is 0 Å². The summed E-state index contributed by atoms with van der Waals surface area (Å²) in [5, 5.41) is 6.06. The average molecular weight is 290 g/mol. The second kappa shape index (κ2) is 6.99. The molecular weight excluding hydrogens is 271 g/mol. The van der Waals surface area contributed by atoms with E-state index in [2.05, 4.69) is 20.6 Å². The first kappa shape index (κ1) is 15.2. The van der Waals surface area contributed by atoms with Crippen LogP contribution in [0.1, 0.15) is 18.3 Å². The van der Waals surface area contributed by atoms with Gasteiger partial charge in [-0.15, -0.1) is 0 Å². The van der Waals surface area contributed by atoms with Gasteiger partial charge in [-0.3, -0.25) is 0 Å². The Hall–Kier alpha value is -2.21. The normalized spacial score (nSPS) is 10.5. The zero-order chi connectivity index (χ0) is 15.2. The number of halogens is 1. The number of rotatable bonds is 6. The predicted octanol–water partition coefficient (Wildman–Crippen LogP) is 3.25. The van der Waals surface area contributed by atoms with Crippen LogP contribution in [0.2, 0.25) is 0 Å². The van der Waals surface area contributed by atoms with Crippen LogP contribution in [-0.4, -0.2) is 23.6 Å². The maximum atomic E-state index is 13.4. The molecule has 1 heterocycles. The fourth-order valence-electron chi connectivity index (χ4n) is 1.90. The Morgan fingerprint density at radius 3 is 2.57 bits per heavy atom. The van der Waals surface area contributed by atoms with Crippen molar-refractivity contribution in [3.05, 3.63) is 41.5 Å². The molecule has 2 aromatic rings. The lowest BCUT2D eigenvalue weighted by atomic mass is 10.2. The zero-order valence-corrected chi connectivity index (χ0v) is 12.4. The van der Waals surface area contributed by atoms with Crippen molar-refractivity contribution in [1.82, 2.24) is 9.97 Å². The summed E-state index contributed by atoms with van der Waals surface area (Å²) in [4.78, 5) is 8.67. The van der Waals surface area contributed by atoms with Crippen molar-refractivity contribution in [2.75, 3.05) is 24.3 Å². The quantitative estimate of drug-likeness (QED) is 0.855. The van der Waals surface area contributed by atoms with Gasteiger partial charge >= 0.3 is 0 Å². The van der Waals surface area contributed by atoms with Gasteiger partial charge in [0.2, 0.25) is 0 Å². The summed E-state index contributed by atoms with van der Waals surface area (Å²) in [6.45, 7) is 4.69. The molecule has 0 bridgehead atoms. The van der Waals surface area contributed by atoms with E-state index in [1.807, 2.05) is 19.9 Å². The highest BCUT2D eigenvalue weighted by molar-refractivity contribution is 5.60. The summed E-state index contributed by atoms with van der Waals surface area (Å²) in [5.74, 6) is 1.55. The van der Waals surface area contributed by atoms with E-state index in [0.29, 0.717) is 36.4 Å². The first-order valence-electron chi connectivity index (χ1n) is 6.78. The molecule has 21 heavy (non-hydrogen) atoms. The molecule has 112 valence electrons. The predicted molar refractivity (Wildman–Crippen MR) is 81.3 cm³/mol. The molecule has 1 aromatic heterocycles. The highest BCUT2D eigenvalue weighted by Crippen LogP contribution is 2.20. The van der Waals surface area contributed by atoms with Gasteiger partial charge in [-0.1, -0.05) is 0 Å². The molecule has 0 amide bonds. The van der Waals surface area contributed by atoms with Gasteiger partial charge in [0.05, 0.1) is 0 Å². The Morgan fingerprint density at radius 1 is 1.14 bits per heavy atom. The van der Waals surface area contributed by atoms with Gasteiger partial charge in [0.15, 0.2) is 5.82 Å². The van der Waals surface area contributed by atoms with E-state index in [-0.39, 0.29) is 5.82 Å². The number of hydrogen-bond donors (Lipinski definition) is 2. The molecule has 0 aliphatic rings. The fraction of sp³-hybridized carbons (Fsp3) is 0.333. The Morgan fingerprint density at radius 2 is 1.90 bits per heavy atom. The van der Waals surface area contributed by atoms with E-state index in [1.54, 1.807) is 13.1 Å². The second-order valence-electron chi connectivity index (χ2n) is 4.58. The van der Waals surface area contributed by atoms with E-state index in [0.717, 1.165) is 5.56 Å². The van der Waals surface area contributed by atoms with Crippen molar-refractivity contribution in [3.63, 3.8) is 0 Å². The van der Waals surface area contributed by atoms with Crippen LogP contribution in [0, 0.1) is 12.7 Å². The summed E-state index contributed by atoms with van der Waals surface area (Å²) in [7, 11) is 1.78.